The SMILES string of the molecule is Cc1ccc(C(C)C)cc1-c1nn(-c2ccccc2)cc1/C=C1\SC(=S)N(CCCC(=O)O)C1=O. The van der Waals surface area contributed by atoms with Crippen LogP contribution in [0.3, 0.4) is 0 Å². The molecule has 1 aromatic heterocycles. The molecule has 2 heterocycles. The van der Waals surface area contributed by atoms with Crippen molar-refractivity contribution in [3.63, 3.8) is 0 Å². The summed E-state index contributed by atoms with van der Waals surface area (Å²) in [7, 11) is 0. The van der Waals surface area contributed by atoms with Crippen LogP contribution in [-0.2, 0) is 9.59 Å². The van der Waals surface area contributed by atoms with Gasteiger partial charge in [-0.05, 0) is 54.7 Å². The van der Waals surface area contributed by atoms with Crippen LogP contribution in [0.2, 0.25) is 0 Å². The number of amides is 1. The van der Waals surface area contributed by atoms with Crippen molar-refractivity contribution in [1.29, 1.82) is 0 Å². The summed E-state index contributed by atoms with van der Waals surface area (Å²) in [5, 5.41) is 13.8. The zero-order valence-electron chi connectivity index (χ0n) is 19.9. The van der Waals surface area contributed by atoms with Crippen molar-refractivity contribution in [2.24, 2.45) is 0 Å². The Kier molecular flexibility index (Phi) is 7.52. The fourth-order valence-electron chi connectivity index (χ4n) is 3.89. The first kappa shape index (κ1) is 24.9. The number of hydrogen-bond donors (Lipinski definition) is 1. The van der Waals surface area contributed by atoms with Crippen molar-refractivity contribution in [3.8, 4) is 16.9 Å². The first-order chi connectivity index (χ1) is 16.7. The van der Waals surface area contributed by atoms with E-state index >= 15 is 0 Å². The van der Waals surface area contributed by atoms with Gasteiger partial charge in [0.1, 0.15) is 10.0 Å². The van der Waals surface area contributed by atoms with Crippen LogP contribution in [0.25, 0.3) is 23.0 Å². The number of carboxylic acids is 1. The van der Waals surface area contributed by atoms with Crippen molar-refractivity contribution in [2.45, 2.75) is 39.5 Å². The van der Waals surface area contributed by atoms with Crippen LogP contribution in [0.5, 0.6) is 0 Å². The van der Waals surface area contributed by atoms with Gasteiger partial charge in [0.05, 0.1) is 10.6 Å². The Balaban J connectivity index is 1.76. The predicted molar refractivity (Wildman–Crippen MR) is 145 cm³/mol. The minimum absolute atomic E-state index is 0.00439. The molecule has 3 aromatic rings. The first-order valence-electron chi connectivity index (χ1n) is 11.5. The molecule has 0 unspecified atom stereocenters. The Morgan fingerprint density at radius 1 is 1.20 bits per heavy atom. The van der Waals surface area contributed by atoms with Crippen LogP contribution >= 0.6 is 24.0 Å². The van der Waals surface area contributed by atoms with E-state index in [1.807, 2.05) is 47.3 Å². The highest BCUT2D eigenvalue weighted by Gasteiger charge is 2.32. The lowest BCUT2D eigenvalue weighted by molar-refractivity contribution is -0.137. The van der Waals surface area contributed by atoms with E-state index in [4.69, 9.17) is 22.4 Å². The second-order valence-corrected chi connectivity index (χ2v) is 10.4. The predicted octanol–water partition coefficient (Wildman–Crippen LogP) is 6.04. The van der Waals surface area contributed by atoms with Gasteiger partial charge in [0.15, 0.2) is 0 Å². The molecule has 1 N–H and O–H groups in total. The number of para-hydroxylation sites is 1. The van der Waals surface area contributed by atoms with E-state index in [2.05, 4.69) is 39.0 Å². The highest BCUT2D eigenvalue weighted by molar-refractivity contribution is 8.26. The summed E-state index contributed by atoms with van der Waals surface area (Å²) in [4.78, 5) is 26.0. The molecule has 0 bridgehead atoms. The Labute approximate surface area is 214 Å². The molecule has 0 aliphatic carbocycles. The van der Waals surface area contributed by atoms with Crippen LogP contribution < -0.4 is 0 Å². The summed E-state index contributed by atoms with van der Waals surface area (Å²) in [6.45, 7) is 6.67. The Morgan fingerprint density at radius 3 is 2.63 bits per heavy atom. The fraction of sp³-hybridized carbons (Fsp3) is 0.259. The lowest BCUT2D eigenvalue weighted by Gasteiger charge is -2.13. The van der Waals surface area contributed by atoms with Crippen LogP contribution in [0, 0.1) is 6.92 Å². The zero-order valence-corrected chi connectivity index (χ0v) is 21.5. The molecule has 0 atom stereocenters. The number of carboxylic acid groups (broad SMARTS) is 1. The largest absolute Gasteiger partial charge is 0.481 e. The Morgan fingerprint density at radius 2 is 1.94 bits per heavy atom. The maximum absolute atomic E-state index is 13.1. The number of carbonyl (C=O) groups excluding carboxylic acids is 1. The normalized spacial score (nSPS) is 15.0. The van der Waals surface area contributed by atoms with Crippen LogP contribution in [0.1, 0.15) is 49.3 Å². The summed E-state index contributed by atoms with van der Waals surface area (Å²) in [5.74, 6) is -0.713. The first-order valence-corrected chi connectivity index (χ1v) is 12.7. The summed E-state index contributed by atoms with van der Waals surface area (Å²) in [5.41, 5.74) is 5.88. The summed E-state index contributed by atoms with van der Waals surface area (Å²) in [6.07, 6.45) is 4.13. The van der Waals surface area contributed by atoms with Crippen molar-refractivity contribution >= 4 is 46.3 Å². The molecule has 35 heavy (non-hydrogen) atoms. The van der Waals surface area contributed by atoms with E-state index in [0.717, 1.165) is 28.1 Å². The quantitative estimate of drug-likeness (QED) is 0.297. The van der Waals surface area contributed by atoms with Gasteiger partial charge in [-0.2, -0.15) is 5.10 Å². The van der Waals surface area contributed by atoms with E-state index < -0.39 is 5.97 Å². The van der Waals surface area contributed by atoms with Gasteiger partial charge in [0.25, 0.3) is 5.91 Å². The molecule has 1 amide bonds. The van der Waals surface area contributed by atoms with E-state index in [-0.39, 0.29) is 12.3 Å². The molecule has 8 heteroatoms. The second-order valence-electron chi connectivity index (χ2n) is 8.77. The van der Waals surface area contributed by atoms with E-state index in [1.54, 1.807) is 0 Å². The molecule has 1 aliphatic rings. The van der Waals surface area contributed by atoms with E-state index in [9.17, 15) is 9.59 Å². The van der Waals surface area contributed by atoms with Gasteiger partial charge in [0, 0.05) is 30.3 Å². The molecule has 180 valence electrons. The second kappa shape index (κ2) is 10.6. The van der Waals surface area contributed by atoms with Crippen LogP contribution in [0.15, 0.2) is 59.6 Å². The van der Waals surface area contributed by atoms with Gasteiger partial charge in [0.2, 0.25) is 0 Å². The van der Waals surface area contributed by atoms with Crippen molar-refractivity contribution in [1.82, 2.24) is 14.7 Å². The van der Waals surface area contributed by atoms with Gasteiger partial charge < -0.3 is 5.11 Å². The topological polar surface area (TPSA) is 75.4 Å². The molecule has 0 radical (unpaired) electrons. The molecular formula is C27H27N3O3S2. The number of benzene rings is 2. The van der Waals surface area contributed by atoms with Crippen molar-refractivity contribution < 1.29 is 14.7 Å². The third-order valence-corrected chi connectivity index (χ3v) is 7.26. The monoisotopic (exact) mass is 505 g/mol. The summed E-state index contributed by atoms with van der Waals surface area (Å²) >= 11 is 6.66. The fourth-order valence-corrected chi connectivity index (χ4v) is 5.19. The van der Waals surface area contributed by atoms with Crippen LogP contribution in [-0.4, -0.2) is 42.5 Å². The van der Waals surface area contributed by atoms with Crippen LogP contribution in [0.4, 0.5) is 0 Å². The third-order valence-electron chi connectivity index (χ3n) is 5.88. The molecule has 1 saturated heterocycles. The highest BCUT2D eigenvalue weighted by Crippen LogP contribution is 2.36. The molecule has 1 fully saturated rings. The number of aromatic nitrogens is 2. The highest BCUT2D eigenvalue weighted by atomic mass is 32.2. The summed E-state index contributed by atoms with van der Waals surface area (Å²) < 4.78 is 2.28. The molecule has 0 saturated carbocycles. The van der Waals surface area contributed by atoms with E-state index in [1.165, 1.54) is 22.2 Å². The standard InChI is InChI=1S/C27H27N3O3S2/c1-17(2)19-12-11-18(3)22(14-19)25-20(16-30(28-25)21-8-5-4-6-9-21)15-23-26(33)29(27(34)35-23)13-7-10-24(31)32/h4-6,8-9,11-12,14-17H,7,10,13H2,1-3H3,(H,31,32)/b23-15-. The number of carbonyl (C=O) groups is 2. The van der Waals surface area contributed by atoms with Crippen molar-refractivity contribution in [3.05, 3.63) is 76.3 Å². The van der Waals surface area contributed by atoms with Crippen molar-refractivity contribution in [2.75, 3.05) is 6.54 Å². The van der Waals surface area contributed by atoms with Gasteiger partial charge in [-0.25, -0.2) is 4.68 Å². The number of nitrogens with zero attached hydrogens (tertiary/aromatic N) is 3. The van der Waals surface area contributed by atoms with Gasteiger partial charge >= 0.3 is 5.97 Å². The Hall–Kier alpha value is -3.23. The number of aliphatic carboxylic acids is 1. The minimum Gasteiger partial charge on any atom is -0.481 e. The molecular weight excluding hydrogens is 478 g/mol. The average Bonchev–Trinajstić information content (AvgIpc) is 3.36. The number of hydrogen-bond acceptors (Lipinski definition) is 5. The van der Waals surface area contributed by atoms with Gasteiger partial charge in [-0.1, -0.05) is 68.2 Å². The number of thiocarbonyl (C=S) groups is 1. The molecule has 1 aliphatic heterocycles. The lowest BCUT2D eigenvalue weighted by atomic mass is 9.95. The smallest absolute Gasteiger partial charge is 0.303 e. The molecule has 4 rings (SSSR count). The number of aryl methyl sites for hydroxylation is 1. The average molecular weight is 506 g/mol. The minimum atomic E-state index is -0.886. The third kappa shape index (κ3) is 5.55. The number of thioether (sulfide) groups is 1. The Bertz CT molecular complexity index is 1310. The lowest BCUT2D eigenvalue weighted by Crippen LogP contribution is -2.29. The summed E-state index contributed by atoms with van der Waals surface area (Å²) in [6, 6.07) is 16.3. The zero-order chi connectivity index (χ0) is 25.1. The molecule has 2 aromatic carbocycles. The maximum atomic E-state index is 13.1. The molecule has 6 nitrogen and oxygen atoms in total. The maximum Gasteiger partial charge on any atom is 0.303 e. The number of rotatable bonds is 8. The van der Waals surface area contributed by atoms with E-state index in [0.29, 0.717) is 28.1 Å². The molecule has 0 spiro atoms. The van der Waals surface area contributed by atoms with Gasteiger partial charge in [-0.15, -0.1) is 0 Å². The van der Waals surface area contributed by atoms with Gasteiger partial charge in [-0.3, -0.25) is 14.5 Å².